The fraction of sp³-hybridized carbons (Fsp3) is 0.875. The van der Waals surface area contributed by atoms with E-state index in [1.54, 1.807) is 0 Å². The van der Waals surface area contributed by atoms with Crippen LogP contribution in [0.2, 0.25) is 0 Å². The molecule has 6 heteroatoms. The van der Waals surface area contributed by atoms with Gasteiger partial charge in [0.2, 0.25) is 0 Å². The first-order valence-corrected chi connectivity index (χ1v) is 5.61. The first kappa shape index (κ1) is 13.7. The summed E-state index contributed by atoms with van der Waals surface area (Å²) in [5.74, 6) is 0.578. The largest absolute Gasteiger partial charge is 0.463 e. The minimum atomic E-state index is -0.199. The van der Waals surface area contributed by atoms with Gasteiger partial charge in [-0.15, -0.1) is 0 Å². The third-order valence-corrected chi connectivity index (χ3v) is 1.92. The molecule has 0 spiro atoms. The maximum Gasteiger partial charge on any atom is 0.305 e. The number of hydrogen-bond donors (Lipinski definition) is 2. The van der Waals surface area contributed by atoms with Crippen molar-refractivity contribution in [3.8, 4) is 0 Å². The van der Waals surface area contributed by atoms with E-state index < -0.39 is 0 Å². The summed E-state index contributed by atoms with van der Waals surface area (Å²) in [7, 11) is 0. The summed E-state index contributed by atoms with van der Waals surface area (Å²) in [6.07, 6.45) is 1.17. The average Bonchev–Trinajstić information content (AvgIpc) is 2.18. The highest BCUT2D eigenvalue weighted by Crippen LogP contribution is 1.97. The van der Waals surface area contributed by atoms with Crippen LogP contribution in [0.1, 0.15) is 12.8 Å². The van der Waals surface area contributed by atoms with E-state index in [1.807, 2.05) is 0 Å². The highest BCUT2D eigenvalue weighted by atomic mass is 32.2. The van der Waals surface area contributed by atoms with Crippen molar-refractivity contribution in [1.82, 2.24) is 0 Å². The highest BCUT2D eigenvalue weighted by molar-refractivity contribution is 7.97. The molecule has 0 radical (unpaired) electrons. The maximum absolute atomic E-state index is 11.0. The van der Waals surface area contributed by atoms with E-state index >= 15 is 0 Å². The molecule has 84 valence electrons. The lowest BCUT2D eigenvalue weighted by Gasteiger charge is -2.04. The summed E-state index contributed by atoms with van der Waals surface area (Å²) < 4.78 is 9.91. The third-order valence-electron chi connectivity index (χ3n) is 1.40. The van der Waals surface area contributed by atoms with Gasteiger partial charge in [-0.3, -0.25) is 9.93 Å². The second-order valence-corrected chi connectivity index (χ2v) is 3.34. The molecule has 0 aliphatic rings. The van der Waals surface area contributed by atoms with Crippen LogP contribution in [0.3, 0.4) is 0 Å². The summed E-state index contributed by atoms with van der Waals surface area (Å²) in [6, 6.07) is 0. The Morgan fingerprint density at radius 1 is 1.29 bits per heavy atom. The number of carbonyl (C=O) groups is 1. The SMILES string of the molecule is NCCOCCOC(=O)CCCSN. The van der Waals surface area contributed by atoms with Crippen LogP contribution in [0, 0.1) is 0 Å². The summed E-state index contributed by atoms with van der Waals surface area (Å²) in [6.45, 7) is 1.70. The number of carbonyl (C=O) groups excluding carboxylic acids is 1. The highest BCUT2D eigenvalue weighted by Gasteiger charge is 2.01. The molecule has 0 rings (SSSR count). The normalized spacial score (nSPS) is 10.1. The van der Waals surface area contributed by atoms with Gasteiger partial charge >= 0.3 is 5.97 Å². The van der Waals surface area contributed by atoms with E-state index in [9.17, 15) is 4.79 Å². The van der Waals surface area contributed by atoms with Crippen molar-refractivity contribution in [3.63, 3.8) is 0 Å². The zero-order valence-electron chi connectivity index (χ0n) is 8.24. The summed E-state index contributed by atoms with van der Waals surface area (Å²) in [5.41, 5.74) is 5.20. The van der Waals surface area contributed by atoms with E-state index in [1.165, 1.54) is 11.9 Å². The van der Waals surface area contributed by atoms with Crippen LogP contribution >= 0.6 is 11.9 Å². The Bertz CT molecular complexity index is 147. The van der Waals surface area contributed by atoms with Crippen molar-refractivity contribution in [1.29, 1.82) is 0 Å². The Hall–Kier alpha value is -0.300. The molecular weight excluding hydrogens is 204 g/mol. The van der Waals surface area contributed by atoms with Gasteiger partial charge in [0.15, 0.2) is 0 Å². The summed E-state index contributed by atoms with van der Waals surface area (Å²) in [4.78, 5) is 11.0. The Morgan fingerprint density at radius 3 is 2.71 bits per heavy atom. The van der Waals surface area contributed by atoms with E-state index in [-0.39, 0.29) is 5.97 Å². The molecule has 0 aliphatic carbocycles. The van der Waals surface area contributed by atoms with E-state index in [0.29, 0.717) is 32.8 Å². The van der Waals surface area contributed by atoms with Gasteiger partial charge in [-0.05, 0) is 6.42 Å². The van der Waals surface area contributed by atoms with E-state index in [0.717, 1.165) is 12.2 Å². The molecule has 0 bridgehead atoms. The first-order chi connectivity index (χ1) is 6.81. The lowest BCUT2D eigenvalue weighted by Crippen LogP contribution is -2.14. The molecule has 0 aliphatic heterocycles. The van der Waals surface area contributed by atoms with Crippen LogP contribution in [0.4, 0.5) is 0 Å². The number of esters is 1. The molecule has 0 saturated heterocycles. The monoisotopic (exact) mass is 222 g/mol. The van der Waals surface area contributed by atoms with Gasteiger partial charge < -0.3 is 15.2 Å². The number of rotatable bonds is 9. The Balaban J connectivity index is 3.10. The Labute approximate surface area is 88.6 Å². The minimum absolute atomic E-state index is 0.199. The average molecular weight is 222 g/mol. The fourth-order valence-corrected chi connectivity index (χ4v) is 1.08. The second-order valence-electron chi connectivity index (χ2n) is 2.60. The summed E-state index contributed by atoms with van der Waals surface area (Å²) >= 11 is 1.23. The van der Waals surface area contributed by atoms with Crippen LogP contribution in [0.5, 0.6) is 0 Å². The van der Waals surface area contributed by atoms with Crippen LogP contribution < -0.4 is 10.9 Å². The van der Waals surface area contributed by atoms with Gasteiger partial charge in [-0.25, -0.2) is 0 Å². The maximum atomic E-state index is 11.0. The van der Waals surface area contributed by atoms with Crippen LogP contribution in [-0.2, 0) is 14.3 Å². The van der Waals surface area contributed by atoms with Gasteiger partial charge in [-0.1, -0.05) is 11.9 Å². The van der Waals surface area contributed by atoms with Crippen LogP contribution in [0.15, 0.2) is 0 Å². The zero-order chi connectivity index (χ0) is 10.6. The lowest BCUT2D eigenvalue weighted by atomic mass is 10.3. The van der Waals surface area contributed by atoms with Gasteiger partial charge in [0.1, 0.15) is 6.61 Å². The second kappa shape index (κ2) is 10.8. The molecule has 0 heterocycles. The molecule has 0 atom stereocenters. The van der Waals surface area contributed by atoms with Gasteiger partial charge in [0.25, 0.3) is 0 Å². The number of hydrogen-bond acceptors (Lipinski definition) is 6. The molecular formula is C8H18N2O3S. The molecule has 5 nitrogen and oxygen atoms in total. The Kier molecular flexibility index (Phi) is 10.5. The molecule has 0 aromatic heterocycles. The fourth-order valence-electron chi connectivity index (χ4n) is 0.772. The van der Waals surface area contributed by atoms with Gasteiger partial charge in [0.05, 0.1) is 13.2 Å². The third kappa shape index (κ3) is 9.79. The predicted octanol–water partition coefficient (Wildman–Crippen LogP) is -0.108. The van der Waals surface area contributed by atoms with Crippen molar-refractivity contribution in [2.75, 3.05) is 32.1 Å². The number of ether oxygens (including phenoxy) is 2. The van der Waals surface area contributed by atoms with E-state index in [4.69, 9.17) is 20.3 Å². The molecule has 14 heavy (non-hydrogen) atoms. The lowest BCUT2D eigenvalue weighted by molar-refractivity contribution is -0.145. The van der Waals surface area contributed by atoms with Crippen molar-refractivity contribution < 1.29 is 14.3 Å². The van der Waals surface area contributed by atoms with Crippen molar-refractivity contribution in [2.45, 2.75) is 12.8 Å². The van der Waals surface area contributed by atoms with Gasteiger partial charge in [-0.2, -0.15) is 0 Å². The van der Waals surface area contributed by atoms with Crippen molar-refractivity contribution >= 4 is 17.9 Å². The van der Waals surface area contributed by atoms with E-state index in [2.05, 4.69) is 0 Å². The topological polar surface area (TPSA) is 87.6 Å². The number of nitrogens with two attached hydrogens (primary N) is 2. The smallest absolute Gasteiger partial charge is 0.305 e. The Morgan fingerprint density at radius 2 is 2.07 bits per heavy atom. The molecule has 0 amide bonds. The molecule has 4 N–H and O–H groups in total. The summed E-state index contributed by atoms with van der Waals surface area (Å²) in [5, 5.41) is 5.20. The van der Waals surface area contributed by atoms with Gasteiger partial charge in [0, 0.05) is 18.7 Å². The van der Waals surface area contributed by atoms with Crippen molar-refractivity contribution in [2.24, 2.45) is 10.9 Å². The molecule has 0 aromatic carbocycles. The molecule has 0 fully saturated rings. The van der Waals surface area contributed by atoms with Crippen LogP contribution in [0.25, 0.3) is 0 Å². The molecule has 0 aromatic rings. The quantitative estimate of drug-likeness (QED) is 0.321. The zero-order valence-corrected chi connectivity index (χ0v) is 9.05. The first-order valence-electron chi connectivity index (χ1n) is 4.56. The van der Waals surface area contributed by atoms with Crippen LogP contribution in [-0.4, -0.2) is 38.1 Å². The molecule has 0 saturated carbocycles. The minimum Gasteiger partial charge on any atom is -0.463 e. The standard InChI is InChI=1S/C8H18N2O3S/c9-3-4-12-5-6-13-8(11)2-1-7-14-10/h1-7,9-10H2. The van der Waals surface area contributed by atoms with Crippen molar-refractivity contribution in [3.05, 3.63) is 0 Å². The molecule has 0 unspecified atom stereocenters. The predicted molar refractivity (Wildman–Crippen MR) is 56.7 cm³/mol.